The number of ether oxygens (including phenoxy) is 3. The molecule has 3 atom stereocenters. The van der Waals surface area contributed by atoms with Crippen molar-refractivity contribution in [1.29, 1.82) is 5.26 Å². The predicted octanol–water partition coefficient (Wildman–Crippen LogP) is 5.79. The van der Waals surface area contributed by atoms with Crippen molar-refractivity contribution in [2.75, 3.05) is 40.8 Å². The van der Waals surface area contributed by atoms with Crippen LogP contribution in [-0.2, 0) is 16.6 Å². The maximum atomic E-state index is 12.5. The quantitative estimate of drug-likeness (QED) is 0.199. The first-order valence-electron chi connectivity index (χ1n) is 16.9. The topological polar surface area (TPSA) is 142 Å². The van der Waals surface area contributed by atoms with Gasteiger partial charge in [0.25, 0.3) is 0 Å². The number of aliphatic imine (C=N–C) groups is 1. The summed E-state index contributed by atoms with van der Waals surface area (Å²) in [6.45, 7) is 11.5. The van der Waals surface area contributed by atoms with Gasteiger partial charge in [-0.25, -0.2) is 14.8 Å². The molecule has 3 aromatic heterocycles. The molecule has 0 radical (unpaired) electrons. The van der Waals surface area contributed by atoms with E-state index < -0.39 is 11.0 Å². The van der Waals surface area contributed by atoms with E-state index >= 15 is 0 Å². The Labute approximate surface area is 291 Å². The smallest absolute Gasteiger partial charge is 0.410 e. The number of aromatic nitrogens is 3. The number of carbonyl (C=O) groups excluding carboxylic acids is 1. The largest absolute Gasteiger partial charge is 0.486 e. The SMILES string of the molecule is C[C@H](Oc1cc(OC2CN(C(=O)OC(C)(C)C)C2)cc(-c2noc([C@@]3(C)CCCc4sc(N=CN(C)C)c(C#N)c43)n2)n1)C1CCCN1C. The number of nitriles is 1. The molecule has 1 aliphatic carbocycles. The lowest BCUT2D eigenvalue weighted by Crippen LogP contribution is -2.57. The zero-order chi connectivity index (χ0) is 35.1. The molecule has 3 aliphatic rings. The number of fused-ring (bicyclic) bond motifs is 1. The molecule has 3 aromatic rings. The second-order valence-electron chi connectivity index (χ2n) is 14.7. The molecule has 0 saturated carbocycles. The maximum Gasteiger partial charge on any atom is 0.410 e. The number of aryl methyl sites for hydroxylation is 1. The van der Waals surface area contributed by atoms with Crippen LogP contribution in [-0.4, -0.2) is 107 Å². The molecular formula is C35H46N8O5S. The molecule has 5 heterocycles. The van der Waals surface area contributed by atoms with E-state index in [1.165, 1.54) is 0 Å². The zero-order valence-corrected chi connectivity index (χ0v) is 30.5. The average molecular weight is 691 g/mol. The molecule has 1 unspecified atom stereocenters. The van der Waals surface area contributed by atoms with Gasteiger partial charge in [-0.3, -0.25) is 4.90 Å². The van der Waals surface area contributed by atoms with Crippen molar-refractivity contribution in [1.82, 2.24) is 29.8 Å². The van der Waals surface area contributed by atoms with Crippen molar-refractivity contribution in [2.24, 2.45) is 4.99 Å². The van der Waals surface area contributed by atoms with Crippen LogP contribution < -0.4 is 9.47 Å². The van der Waals surface area contributed by atoms with Crippen LogP contribution in [0.1, 0.15) is 82.2 Å². The molecule has 2 aliphatic heterocycles. The predicted molar refractivity (Wildman–Crippen MR) is 186 cm³/mol. The van der Waals surface area contributed by atoms with Gasteiger partial charge in [0.2, 0.25) is 17.6 Å². The minimum atomic E-state index is -0.668. The fourth-order valence-corrected chi connectivity index (χ4v) is 8.04. The molecule has 0 aromatic carbocycles. The number of nitrogens with zero attached hydrogens (tertiary/aromatic N) is 8. The van der Waals surface area contributed by atoms with E-state index in [9.17, 15) is 10.1 Å². The van der Waals surface area contributed by atoms with Crippen molar-refractivity contribution in [3.8, 4) is 29.2 Å². The third-order valence-corrected chi connectivity index (χ3v) is 10.4. The van der Waals surface area contributed by atoms with Crippen LogP contribution in [0.25, 0.3) is 11.5 Å². The molecule has 6 rings (SSSR count). The Morgan fingerprint density at radius 2 is 2.04 bits per heavy atom. The monoisotopic (exact) mass is 690 g/mol. The Balaban J connectivity index is 1.29. The highest BCUT2D eigenvalue weighted by molar-refractivity contribution is 7.16. The first kappa shape index (κ1) is 34.6. The fourth-order valence-electron chi connectivity index (χ4n) is 6.78. The maximum absolute atomic E-state index is 12.5. The number of pyridine rings is 1. The van der Waals surface area contributed by atoms with Crippen molar-refractivity contribution < 1.29 is 23.5 Å². The lowest BCUT2D eigenvalue weighted by atomic mass is 9.72. The van der Waals surface area contributed by atoms with E-state index in [0.717, 1.165) is 49.1 Å². The summed E-state index contributed by atoms with van der Waals surface area (Å²) in [6.07, 6.45) is 5.73. The molecule has 0 bridgehead atoms. The van der Waals surface area contributed by atoms with Crippen molar-refractivity contribution in [3.63, 3.8) is 0 Å². The Morgan fingerprint density at radius 1 is 1.27 bits per heavy atom. The number of thiophene rings is 1. The summed E-state index contributed by atoms with van der Waals surface area (Å²) in [5.41, 5.74) is 0.672. The summed E-state index contributed by atoms with van der Waals surface area (Å²) < 4.78 is 24.2. The molecule has 2 saturated heterocycles. The van der Waals surface area contributed by atoms with Crippen LogP contribution in [0.4, 0.5) is 9.80 Å². The van der Waals surface area contributed by atoms with Crippen LogP contribution in [0.2, 0.25) is 0 Å². The minimum absolute atomic E-state index is 0.109. The highest BCUT2D eigenvalue weighted by Gasteiger charge is 2.43. The number of hydrogen-bond acceptors (Lipinski definition) is 12. The van der Waals surface area contributed by atoms with E-state index in [-0.39, 0.29) is 24.3 Å². The summed E-state index contributed by atoms with van der Waals surface area (Å²) in [5, 5.41) is 15.3. The fraction of sp³-hybridized carbons (Fsp3) is 0.600. The summed E-state index contributed by atoms with van der Waals surface area (Å²) in [4.78, 5) is 33.7. The second-order valence-corrected chi connectivity index (χ2v) is 15.8. The Bertz CT molecular complexity index is 1750. The minimum Gasteiger partial charge on any atom is -0.486 e. The first-order valence-corrected chi connectivity index (χ1v) is 17.7. The highest BCUT2D eigenvalue weighted by atomic mass is 32.1. The van der Waals surface area contributed by atoms with Crippen LogP contribution >= 0.6 is 11.3 Å². The van der Waals surface area contributed by atoms with Gasteiger partial charge in [-0.2, -0.15) is 10.2 Å². The van der Waals surface area contributed by atoms with Gasteiger partial charge in [0.1, 0.15) is 40.3 Å². The summed E-state index contributed by atoms with van der Waals surface area (Å²) in [5.74, 6) is 1.65. The van der Waals surface area contributed by atoms with Crippen LogP contribution in [0.15, 0.2) is 21.6 Å². The highest BCUT2D eigenvalue weighted by Crippen LogP contribution is 2.50. The molecule has 14 heteroatoms. The molecule has 0 spiro atoms. The Kier molecular flexibility index (Phi) is 9.61. The van der Waals surface area contributed by atoms with Crippen LogP contribution in [0.5, 0.6) is 11.6 Å². The number of likely N-dealkylation sites (tertiary alicyclic amines) is 2. The molecule has 13 nitrogen and oxygen atoms in total. The van der Waals surface area contributed by atoms with Gasteiger partial charge in [0.05, 0.1) is 30.4 Å². The summed E-state index contributed by atoms with van der Waals surface area (Å²) >= 11 is 1.55. The molecular weight excluding hydrogens is 645 g/mol. The van der Waals surface area contributed by atoms with Crippen molar-refractivity contribution >= 4 is 28.8 Å². The molecule has 49 heavy (non-hydrogen) atoms. The van der Waals surface area contributed by atoms with Crippen LogP contribution in [0.3, 0.4) is 0 Å². The molecule has 0 N–H and O–H groups in total. The standard InChI is InChI=1S/C35H46N8O5S/c1-21(26-11-10-14-42(26)8)45-28-16-22(46-23-18-43(19-23)33(44)47-34(2,3)4)15-25(38-28)30-39-32(48-40-30)35(5)13-9-12-27-29(35)24(17-36)31(49-27)37-20-41(6)7/h15-16,20-21,23,26H,9-14,18-19H2,1-8H3/t21-,26?,35-/m0/s1. The van der Waals surface area contributed by atoms with E-state index in [2.05, 4.69) is 42.0 Å². The zero-order valence-electron chi connectivity index (χ0n) is 29.6. The average Bonchev–Trinajstić information content (AvgIpc) is 3.75. The lowest BCUT2D eigenvalue weighted by molar-refractivity contribution is -0.0222. The van der Waals surface area contributed by atoms with Crippen molar-refractivity contribution in [3.05, 3.63) is 34.0 Å². The van der Waals surface area contributed by atoms with Crippen molar-refractivity contribution in [2.45, 2.75) is 96.0 Å². The van der Waals surface area contributed by atoms with E-state index in [1.54, 1.807) is 34.7 Å². The van der Waals surface area contributed by atoms with Gasteiger partial charge in [0, 0.05) is 42.7 Å². The normalized spacial score (nSPS) is 22.0. The van der Waals surface area contributed by atoms with Gasteiger partial charge < -0.3 is 28.5 Å². The number of amides is 1. The van der Waals surface area contributed by atoms with Gasteiger partial charge >= 0.3 is 6.09 Å². The van der Waals surface area contributed by atoms with Gasteiger partial charge in [-0.05, 0) is 80.3 Å². The second kappa shape index (κ2) is 13.6. The third-order valence-electron chi connectivity index (χ3n) is 9.24. The first-order chi connectivity index (χ1) is 23.2. The summed E-state index contributed by atoms with van der Waals surface area (Å²) in [7, 11) is 5.91. The van der Waals surface area contributed by atoms with Gasteiger partial charge in [-0.15, -0.1) is 11.3 Å². The number of carbonyl (C=O) groups is 1. The van der Waals surface area contributed by atoms with Gasteiger partial charge in [-0.1, -0.05) is 5.16 Å². The number of rotatable bonds is 9. The molecule has 2 fully saturated rings. The van der Waals surface area contributed by atoms with E-state index in [0.29, 0.717) is 52.7 Å². The molecule has 1 amide bonds. The summed E-state index contributed by atoms with van der Waals surface area (Å²) in [6, 6.07) is 6.23. The number of likely N-dealkylation sites (N-methyl/N-ethyl adjacent to an activating group) is 1. The lowest BCUT2D eigenvalue weighted by Gasteiger charge is -2.39. The third kappa shape index (κ3) is 7.38. The molecule has 262 valence electrons. The van der Waals surface area contributed by atoms with Gasteiger partial charge in [0.15, 0.2) is 0 Å². The Hall–Kier alpha value is -4.22. The number of hydrogen-bond donors (Lipinski definition) is 0. The Morgan fingerprint density at radius 3 is 2.71 bits per heavy atom. The van der Waals surface area contributed by atoms with E-state index in [1.807, 2.05) is 39.8 Å². The van der Waals surface area contributed by atoms with E-state index in [4.69, 9.17) is 28.7 Å². The van der Waals surface area contributed by atoms with Crippen LogP contribution in [0, 0.1) is 11.3 Å².